The Balaban J connectivity index is 3.21. The molecule has 0 aliphatic carbocycles. The molecule has 1 rings (SSSR count). The monoisotopic (exact) mass is 201 g/mol. The van der Waals surface area contributed by atoms with Gasteiger partial charge in [0, 0.05) is 6.08 Å². The van der Waals surface area contributed by atoms with Crippen LogP contribution in [-0.4, -0.2) is 13.1 Å². The minimum Gasteiger partial charge on any atom is -0.465 e. The van der Waals surface area contributed by atoms with Crippen molar-refractivity contribution in [3.63, 3.8) is 0 Å². The molecule has 0 spiro atoms. The van der Waals surface area contributed by atoms with E-state index in [1.54, 1.807) is 12.1 Å². The Morgan fingerprint density at radius 1 is 1.53 bits per heavy atom. The summed E-state index contributed by atoms with van der Waals surface area (Å²) in [4.78, 5) is 11.4. The zero-order valence-corrected chi connectivity index (χ0v) is 8.65. The van der Waals surface area contributed by atoms with Crippen molar-refractivity contribution >= 4 is 12.0 Å². The molecular weight excluding hydrogens is 190 g/mol. The normalized spacial score (nSPS) is 9.93. The maximum absolute atomic E-state index is 11.4. The summed E-state index contributed by atoms with van der Waals surface area (Å²) in [5.74, 6) is -0.396. The van der Waals surface area contributed by atoms with Crippen LogP contribution in [0.2, 0.25) is 0 Å². The number of carbonyl (C=O) groups excluding carboxylic acids is 1. The van der Waals surface area contributed by atoms with E-state index >= 15 is 0 Å². The Morgan fingerprint density at radius 2 is 2.27 bits per heavy atom. The Bertz CT molecular complexity index is 441. The molecule has 3 heteroatoms. The van der Waals surface area contributed by atoms with Crippen LogP contribution in [0.4, 0.5) is 0 Å². The SMILES string of the molecule is COC(=O)c1ccc(C)cc1C=CC#N. The first-order valence-corrected chi connectivity index (χ1v) is 4.44. The highest BCUT2D eigenvalue weighted by molar-refractivity contribution is 5.93. The molecule has 15 heavy (non-hydrogen) atoms. The molecule has 0 amide bonds. The first kappa shape index (κ1) is 11.0. The summed E-state index contributed by atoms with van der Waals surface area (Å²) in [6.07, 6.45) is 2.93. The second-order valence-electron chi connectivity index (χ2n) is 3.04. The predicted molar refractivity (Wildman–Crippen MR) is 57.2 cm³/mol. The van der Waals surface area contributed by atoms with Crippen molar-refractivity contribution in [1.29, 1.82) is 5.26 Å². The van der Waals surface area contributed by atoms with Gasteiger partial charge in [-0.05, 0) is 24.6 Å². The number of nitrogens with zero attached hydrogens (tertiary/aromatic N) is 1. The fraction of sp³-hybridized carbons (Fsp3) is 0.167. The largest absolute Gasteiger partial charge is 0.465 e. The minimum absolute atomic E-state index is 0.396. The summed E-state index contributed by atoms with van der Waals surface area (Å²) < 4.78 is 4.64. The van der Waals surface area contributed by atoms with Crippen molar-refractivity contribution in [2.45, 2.75) is 6.92 Å². The molecule has 0 radical (unpaired) electrons. The van der Waals surface area contributed by atoms with E-state index in [1.165, 1.54) is 13.2 Å². The Kier molecular flexibility index (Phi) is 3.64. The van der Waals surface area contributed by atoms with E-state index < -0.39 is 5.97 Å². The number of esters is 1. The number of carbonyl (C=O) groups is 1. The number of hydrogen-bond donors (Lipinski definition) is 0. The fourth-order valence-electron chi connectivity index (χ4n) is 1.24. The zero-order valence-electron chi connectivity index (χ0n) is 8.65. The number of aryl methyl sites for hydroxylation is 1. The van der Waals surface area contributed by atoms with Crippen LogP contribution in [0.5, 0.6) is 0 Å². The summed E-state index contributed by atoms with van der Waals surface area (Å²) in [6.45, 7) is 1.92. The molecular formula is C12H11NO2. The van der Waals surface area contributed by atoms with Gasteiger partial charge in [-0.25, -0.2) is 4.79 Å². The Labute approximate surface area is 88.6 Å². The van der Waals surface area contributed by atoms with E-state index in [-0.39, 0.29) is 0 Å². The lowest BCUT2D eigenvalue weighted by molar-refractivity contribution is 0.0600. The molecule has 3 nitrogen and oxygen atoms in total. The lowest BCUT2D eigenvalue weighted by Gasteiger charge is -2.04. The quantitative estimate of drug-likeness (QED) is 0.545. The molecule has 76 valence electrons. The first-order chi connectivity index (χ1) is 7.19. The first-order valence-electron chi connectivity index (χ1n) is 4.44. The third-order valence-corrected chi connectivity index (χ3v) is 1.95. The van der Waals surface area contributed by atoms with Crippen molar-refractivity contribution in [1.82, 2.24) is 0 Å². The number of rotatable bonds is 2. The second kappa shape index (κ2) is 4.97. The van der Waals surface area contributed by atoms with Crippen LogP contribution in [0, 0.1) is 18.3 Å². The molecule has 0 N–H and O–H groups in total. The average Bonchev–Trinajstić information content (AvgIpc) is 2.25. The summed E-state index contributed by atoms with van der Waals surface area (Å²) in [5, 5.41) is 8.43. The van der Waals surface area contributed by atoms with Crippen molar-refractivity contribution in [3.05, 3.63) is 41.0 Å². The molecule has 0 aliphatic heterocycles. The topological polar surface area (TPSA) is 50.1 Å². The minimum atomic E-state index is -0.396. The van der Waals surface area contributed by atoms with E-state index in [0.29, 0.717) is 11.1 Å². The van der Waals surface area contributed by atoms with Crippen molar-refractivity contribution in [3.8, 4) is 6.07 Å². The second-order valence-corrected chi connectivity index (χ2v) is 3.04. The van der Waals surface area contributed by atoms with Crippen LogP contribution >= 0.6 is 0 Å². The number of hydrogen-bond acceptors (Lipinski definition) is 3. The molecule has 0 bridgehead atoms. The highest BCUT2D eigenvalue weighted by Crippen LogP contribution is 2.14. The van der Waals surface area contributed by atoms with Crippen LogP contribution < -0.4 is 0 Å². The maximum atomic E-state index is 11.4. The van der Waals surface area contributed by atoms with Gasteiger partial charge in [-0.2, -0.15) is 5.26 Å². The molecule has 0 aliphatic rings. The lowest BCUT2D eigenvalue weighted by atomic mass is 10.0. The number of nitriles is 1. The molecule has 0 atom stereocenters. The van der Waals surface area contributed by atoms with Crippen LogP contribution in [-0.2, 0) is 4.74 Å². The van der Waals surface area contributed by atoms with Gasteiger partial charge >= 0.3 is 5.97 Å². The van der Waals surface area contributed by atoms with Gasteiger partial charge in [-0.15, -0.1) is 0 Å². The van der Waals surface area contributed by atoms with E-state index in [1.807, 2.05) is 25.1 Å². The molecule has 0 saturated carbocycles. The average molecular weight is 201 g/mol. The smallest absolute Gasteiger partial charge is 0.338 e. The number of methoxy groups -OCH3 is 1. The third-order valence-electron chi connectivity index (χ3n) is 1.95. The summed E-state index contributed by atoms with van der Waals surface area (Å²) >= 11 is 0. The number of ether oxygens (including phenoxy) is 1. The van der Waals surface area contributed by atoms with Gasteiger partial charge in [0.1, 0.15) is 0 Å². The predicted octanol–water partition coefficient (Wildman–Crippen LogP) is 2.32. The van der Waals surface area contributed by atoms with Gasteiger partial charge in [-0.1, -0.05) is 17.7 Å². The van der Waals surface area contributed by atoms with E-state index in [0.717, 1.165) is 5.56 Å². The highest BCUT2D eigenvalue weighted by atomic mass is 16.5. The van der Waals surface area contributed by atoms with E-state index in [9.17, 15) is 4.79 Å². The van der Waals surface area contributed by atoms with Crippen molar-refractivity contribution in [2.75, 3.05) is 7.11 Å². The third kappa shape index (κ3) is 2.68. The van der Waals surface area contributed by atoms with Crippen LogP contribution in [0.3, 0.4) is 0 Å². The molecule has 0 saturated heterocycles. The van der Waals surface area contributed by atoms with Gasteiger partial charge in [-0.3, -0.25) is 0 Å². The summed E-state index contributed by atoms with van der Waals surface area (Å²) in [7, 11) is 1.33. The van der Waals surface area contributed by atoms with Gasteiger partial charge in [0.15, 0.2) is 0 Å². The zero-order chi connectivity index (χ0) is 11.3. The fourth-order valence-corrected chi connectivity index (χ4v) is 1.24. The summed E-state index contributed by atoms with van der Waals surface area (Å²) in [5.41, 5.74) is 2.19. The van der Waals surface area contributed by atoms with Crippen LogP contribution in [0.25, 0.3) is 6.08 Å². The maximum Gasteiger partial charge on any atom is 0.338 e. The Morgan fingerprint density at radius 3 is 2.87 bits per heavy atom. The van der Waals surface area contributed by atoms with E-state index in [2.05, 4.69) is 4.74 Å². The summed E-state index contributed by atoms with van der Waals surface area (Å²) in [6, 6.07) is 7.24. The van der Waals surface area contributed by atoms with Gasteiger partial charge < -0.3 is 4.74 Å². The molecule has 0 heterocycles. The van der Waals surface area contributed by atoms with Crippen molar-refractivity contribution in [2.24, 2.45) is 0 Å². The standard InChI is InChI=1S/C12H11NO2/c1-9-5-6-11(12(14)15-2)10(8-9)4-3-7-13/h3-6,8H,1-2H3. The number of benzene rings is 1. The molecule has 0 fully saturated rings. The molecule has 1 aromatic rings. The molecule has 0 aromatic heterocycles. The van der Waals surface area contributed by atoms with Gasteiger partial charge in [0.25, 0.3) is 0 Å². The van der Waals surface area contributed by atoms with Gasteiger partial charge in [0.2, 0.25) is 0 Å². The number of allylic oxidation sites excluding steroid dienone is 1. The van der Waals surface area contributed by atoms with Crippen molar-refractivity contribution < 1.29 is 9.53 Å². The molecule has 1 aromatic carbocycles. The van der Waals surface area contributed by atoms with Gasteiger partial charge in [0.05, 0.1) is 18.7 Å². The highest BCUT2D eigenvalue weighted by Gasteiger charge is 2.09. The van der Waals surface area contributed by atoms with E-state index in [4.69, 9.17) is 5.26 Å². The lowest BCUT2D eigenvalue weighted by Crippen LogP contribution is -2.03. The molecule has 0 unspecified atom stereocenters. The Hall–Kier alpha value is -2.08. The van der Waals surface area contributed by atoms with Crippen LogP contribution in [0.1, 0.15) is 21.5 Å². The van der Waals surface area contributed by atoms with Crippen LogP contribution in [0.15, 0.2) is 24.3 Å².